The minimum absolute atomic E-state index is 0. The van der Waals surface area contributed by atoms with Crippen molar-refractivity contribution in [3.05, 3.63) is 17.3 Å². The van der Waals surface area contributed by atoms with Crippen LogP contribution in [-0.2, 0) is 0 Å². The standard InChI is InChI=1S/C9H14N2O3.ClH/c1-4(2)6(10)8-11-7(9(12)13)5(3)14-8;/h4,6H,10H2,1-3H3,(H,12,13);1H/t6-;/m1./s1. The second kappa shape index (κ2) is 5.14. The number of aryl methyl sites for hydroxylation is 1. The number of rotatable bonds is 3. The molecule has 6 heteroatoms. The molecule has 0 saturated heterocycles. The minimum Gasteiger partial charge on any atom is -0.476 e. The van der Waals surface area contributed by atoms with Crippen LogP contribution in [0, 0.1) is 12.8 Å². The number of carboxylic acid groups (broad SMARTS) is 1. The predicted molar refractivity (Wildman–Crippen MR) is 57.2 cm³/mol. The molecule has 0 radical (unpaired) electrons. The Morgan fingerprint density at radius 2 is 2.07 bits per heavy atom. The monoisotopic (exact) mass is 234 g/mol. The van der Waals surface area contributed by atoms with Crippen LogP contribution in [0.4, 0.5) is 0 Å². The van der Waals surface area contributed by atoms with Gasteiger partial charge in [0, 0.05) is 0 Å². The van der Waals surface area contributed by atoms with E-state index in [9.17, 15) is 4.79 Å². The van der Waals surface area contributed by atoms with Gasteiger partial charge in [-0.15, -0.1) is 12.4 Å². The largest absolute Gasteiger partial charge is 0.476 e. The second-order valence-corrected chi connectivity index (χ2v) is 3.53. The molecule has 0 amide bonds. The van der Waals surface area contributed by atoms with E-state index in [1.54, 1.807) is 6.92 Å². The fraction of sp³-hybridized carbons (Fsp3) is 0.556. The average Bonchev–Trinajstić information content (AvgIpc) is 2.45. The van der Waals surface area contributed by atoms with Crippen molar-refractivity contribution in [1.29, 1.82) is 0 Å². The van der Waals surface area contributed by atoms with Gasteiger partial charge in [-0.3, -0.25) is 0 Å². The Hall–Kier alpha value is -1.07. The van der Waals surface area contributed by atoms with Gasteiger partial charge in [0.1, 0.15) is 5.76 Å². The van der Waals surface area contributed by atoms with Gasteiger partial charge in [0.2, 0.25) is 5.89 Å². The van der Waals surface area contributed by atoms with Crippen molar-refractivity contribution >= 4 is 18.4 Å². The fourth-order valence-corrected chi connectivity index (χ4v) is 1.04. The van der Waals surface area contributed by atoms with E-state index in [1.807, 2.05) is 13.8 Å². The van der Waals surface area contributed by atoms with Crippen molar-refractivity contribution in [2.75, 3.05) is 0 Å². The normalized spacial score (nSPS) is 12.3. The summed E-state index contributed by atoms with van der Waals surface area (Å²) in [6, 6.07) is -0.359. The number of nitrogens with two attached hydrogens (primary N) is 1. The van der Waals surface area contributed by atoms with Crippen LogP contribution < -0.4 is 5.73 Å². The Labute approximate surface area is 94.1 Å². The van der Waals surface area contributed by atoms with E-state index >= 15 is 0 Å². The molecule has 1 aromatic rings. The summed E-state index contributed by atoms with van der Waals surface area (Å²) < 4.78 is 5.18. The van der Waals surface area contributed by atoms with Crippen molar-refractivity contribution < 1.29 is 14.3 Å². The smallest absolute Gasteiger partial charge is 0.358 e. The second-order valence-electron chi connectivity index (χ2n) is 3.53. The minimum atomic E-state index is -1.09. The third kappa shape index (κ3) is 2.94. The quantitative estimate of drug-likeness (QED) is 0.832. The molecule has 5 nitrogen and oxygen atoms in total. The molecule has 0 bridgehead atoms. The van der Waals surface area contributed by atoms with Crippen LogP contribution in [-0.4, -0.2) is 16.1 Å². The number of halogens is 1. The van der Waals surface area contributed by atoms with Crippen molar-refractivity contribution in [2.45, 2.75) is 26.8 Å². The van der Waals surface area contributed by atoms with E-state index in [4.69, 9.17) is 15.3 Å². The summed E-state index contributed by atoms with van der Waals surface area (Å²) >= 11 is 0. The number of nitrogens with zero attached hydrogens (tertiary/aromatic N) is 1. The highest BCUT2D eigenvalue weighted by atomic mass is 35.5. The molecule has 1 aromatic heterocycles. The van der Waals surface area contributed by atoms with Gasteiger partial charge in [-0.25, -0.2) is 9.78 Å². The average molecular weight is 235 g/mol. The molecule has 1 heterocycles. The number of oxazole rings is 1. The number of hydrogen-bond acceptors (Lipinski definition) is 4. The molecule has 0 aliphatic rings. The lowest BCUT2D eigenvalue weighted by Gasteiger charge is -2.10. The first kappa shape index (κ1) is 13.9. The number of hydrogen-bond donors (Lipinski definition) is 2. The molecular formula is C9H15ClN2O3. The van der Waals surface area contributed by atoms with Gasteiger partial charge >= 0.3 is 5.97 Å². The summed E-state index contributed by atoms with van der Waals surface area (Å²) in [5.41, 5.74) is 5.71. The van der Waals surface area contributed by atoms with Gasteiger partial charge in [0.15, 0.2) is 5.69 Å². The molecule has 0 fully saturated rings. The van der Waals surface area contributed by atoms with Crippen LogP contribution in [0.25, 0.3) is 0 Å². The summed E-state index contributed by atoms with van der Waals surface area (Å²) in [7, 11) is 0. The molecule has 3 N–H and O–H groups in total. The summed E-state index contributed by atoms with van der Waals surface area (Å²) in [6.45, 7) is 5.41. The van der Waals surface area contributed by atoms with Crippen molar-refractivity contribution in [2.24, 2.45) is 11.7 Å². The molecular weight excluding hydrogens is 220 g/mol. The van der Waals surface area contributed by atoms with E-state index in [1.165, 1.54) is 0 Å². The van der Waals surface area contributed by atoms with Crippen LogP contribution in [0.1, 0.15) is 42.0 Å². The van der Waals surface area contributed by atoms with Gasteiger partial charge in [-0.05, 0) is 12.8 Å². The lowest BCUT2D eigenvalue weighted by Crippen LogP contribution is -2.17. The highest BCUT2D eigenvalue weighted by Crippen LogP contribution is 2.20. The topological polar surface area (TPSA) is 89.4 Å². The molecule has 0 aliphatic heterocycles. The lowest BCUT2D eigenvalue weighted by atomic mass is 10.1. The molecule has 86 valence electrons. The van der Waals surface area contributed by atoms with E-state index < -0.39 is 5.97 Å². The molecule has 0 spiro atoms. The van der Waals surface area contributed by atoms with Crippen molar-refractivity contribution in [3.63, 3.8) is 0 Å². The third-order valence-electron chi connectivity index (χ3n) is 2.02. The maximum Gasteiger partial charge on any atom is 0.358 e. The van der Waals surface area contributed by atoms with Gasteiger partial charge in [0.25, 0.3) is 0 Å². The number of aromatic nitrogens is 1. The highest BCUT2D eigenvalue weighted by molar-refractivity contribution is 5.86. The highest BCUT2D eigenvalue weighted by Gasteiger charge is 2.21. The lowest BCUT2D eigenvalue weighted by molar-refractivity contribution is 0.0689. The molecule has 0 aliphatic carbocycles. The van der Waals surface area contributed by atoms with Crippen molar-refractivity contribution in [3.8, 4) is 0 Å². The van der Waals surface area contributed by atoms with E-state index in [0.717, 1.165) is 0 Å². The van der Waals surface area contributed by atoms with Crippen LogP contribution in [0.5, 0.6) is 0 Å². The maximum atomic E-state index is 10.7. The van der Waals surface area contributed by atoms with E-state index in [-0.39, 0.29) is 36.0 Å². The molecule has 15 heavy (non-hydrogen) atoms. The molecule has 0 aromatic carbocycles. The third-order valence-corrected chi connectivity index (χ3v) is 2.02. The summed E-state index contributed by atoms with van der Waals surface area (Å²) in [6.07, 6.45) is 0. The zero-order chi connectivity index (χ0) is 10.9. The van der Waals surface area contributed by atoms with Gasteiger partial charge in [0.05, 0.1) is 6.04 Å². The van der Waals surface area contributed by atoms with Crippen LogP contribution in [0.3, 0.4) is 0 Å². The summed E-state index contributed by atoms with van der Waals surface area (Å²) in [5.74, 6) is -0.346. The Morgan fingerprint density at radius 3 is 2.40 bits per heavy atom. The Balaban J connectivity index is 0.00000196. The van der Waals surface area contributed by atoms with E-state index in [2.05, 4.69) is 4.98 Å². The van der Waals surface area contributed by atoms with Crippen LogP contribution in [0.15, 0.2) is 4.42 Å². The zero-order valence-electron chi connectivity index (χ0n) is 8.85. The first-order valence-electron chi connectivity index (χ1n) is 4.39. The number of aromatic carboxylic acids is 1. The first-order chi connectivity index (χ1) is 6.43. The molecule has 0 saturated carbocycles. The van der Waals surface area contributed by atoms with Gasteiger partial charge in [-0.2, -0.15) is 0 Å². The maximum absolute atomic E-state index is 10.7. The molecule has 1 rings (SSSR count). The van der Waals surface area contributed by atoms with E-state index in [0.29, 0.717) is 5.76 Å². The van der Waals surface area contributed by atoms with Crippen molar-refractivity contribution in [1.82, 2.24) is 4.98 Å². The van der Waals surface area contributed by atoms with Gasteiger partial charge in [-0.1, -0.05) is 13.8 Å². The molecule has 1 atom stereocenters. The van der Waals surface area contributed by atoms with Crippen LogP contribution >= 0.6 is 12.4 Å². The van der Waals surface area contributed by atoms with Crippen LogP contribution in [0.2, 0.25) is 0 Å². The fourth-order valence-electron chi connectivity index (χ4n) is 1.04. The Morgan fingerprint density at radius 1 is 1.53 bits per heavy atom. The molecule has 0 unspecified atom stereocenters. The summed E-state index contributed by atoms with van der Waals surface area (Å²) in [5, 5.41) is 8.74. The summed E-state index contributed by atoms with van der Waals surface area (Å²) in [4.78, 5) is 14.5. The van der Waals surface area contributed by atoms with Gasteiger partial charge < -0.3 is 15.3 Å². The number of carboxylic acids is 1. The zero-order valence-corrected chi connectivity index (χ0v) is 9.67. The SMILES string of the molecule is Cc1oc([C@H](N)C(C)C)nc1C(=O)O.Cl. The Bertz CT molecular complexity index is 349. The predicted octanol–water partition coefficient (Wildman–Crippen LogP) is 1.76. The Kier molecular flexibility index (Phi) is 4.77. The number of carbonyl (C=O) groups is 1. The first-order valence-corrected chi connectivity index (χ1v) is 4.39.